The second-order valence-corrected chi connectivity index (χ2v) is 6.59. The Morgan fingerprint density at radius 1 is 0.962 bits per heavy atom. The Morgan fingerprint density at radius 3 is 2.35 bits per heavy atom. The Hall–Kier alpha value is -2.56. The lowest BCUT2D eigenvalue weighted by molar-refractivity contribution is -0.123. The maximum absolute atomic E-state index is 12.4. The monoisotopic (exact) mass is 387 g/mol. The van der Waals surface area contributed by atoms with E-state index < -0.39 is 18.0 Å². The van der Waals surface area contributed by atoms with Crippen molar-refractivity contribution in [3.63, 3.8) is 0 Å². The molecule has 0 aliphatic rings. The molecule has 3 rings (SSSR count). The molecule has 0 spiro atoms. The number of esters is 1. The molecule has 6 heteroatoms. The Balaban J connectivity index is 1.72. The fourth-order valence-corrected chi connectivity index (χ4v) is 3.05. The topological polar surface area (TPSA) is 55.4 Å². The molecule has 0 radical (unpaired) electrons. The summed E-state index contributed by atoms with van der Waals surface area (Å²) in [4.78, 5) is 24.6. The van der Waals surface area contributed by atoms with Gasteiger partial charge in [-0.05, 0) is 36.6 Å². The van der Waals surface area contributed by atoms with Crippen LogP contribution >= 0.6 is 23.2 Å². The third-order valence-corrected chi connectivity index (χ3v) is 4.24. The Bertz CT molecular complexity index is 962. The predicted molar refractivity (Wildman–Crippen MR) is 104 cm³/mol. The third kappa shape index (κ3) is 4.15. The number of nitrogens with one attached hydrogen (secondary N) is 1. The summed E-state index contributed by atoms with van der Waals surface area (Å²) < 4.78 is 5.22. The molecule has 0 aromatic heterocycles. The SMILES string of the molecule is C[C@H](OC(=O)c1cc(Cl)cc(Cl)c1)C(=O)Nc1cccc2ccccc12. The van der Waals surface area contributed by atoms with Gasteiger partial charge in [-0.1, -0.05) is 59.6 Å². The van der Waals surface area contributed by atoms with Crippen LogP contribution in [0.3, 0.4) is 0 Å². The Kier molecular flexibility index (Phi) is 5.45. The molecule has 0 unspecified atom stereocenters. The van der Waals surface area contributed by atoms with Gasteiger partial charge in [-0.15, -0.1) is 0 Å². The zero-order valence-corrected chi connectivity index (χ0v) is 15.3. The number of ether oxygens (including phenoxy) is 1. The fraction of sp³-hybridized carbons (Fsp3) is 0.100. The van der Waals surface area contributed by atoms with E-state index >= 15 is 0 Å². The molecule has 3 aromatic carbocycles. The maximum Gasteiger partial charge on any atom is 0.339 e. The van der Waals surface area contributed by atoms with E-state index in [0.717, 1.165) is 10.8 Å². The number of amides is 1. The van der Waals surface area contributed by atoms with Crippen molar-refractivity contribution in [2.75, 3.05) is 5.32 Å². The minimum atomic E-state index is -0.987. The molecule has 0 aliphatic carbocycles. The molecular formula is C20H15Cl2NO3. The van der Waals surface area contributed by atoms with Gasteiger partial charge in [-0.2, -0.15) is 0 Å². The van der Waals surface area contributed by atoms with Gasteiger partial charge in [0.15, 0.2) is 6.10 Å². The number of carbonyl (C=O) groups excluding carboxylic acids is 2. The summed E-state index contributed by atoms with van der Waals surface area (Å²) in [6, 6.07) is 17.7. The molecule has 1 atom stereocenters. The van der Waals surface area contributed by atoms with Gasteiger partial charge in [0, 0.05) is 21.1 Å². The molecular weight excluding hydrogens is 373 g/mol. The predicted octanol–water partition coefficient (Wildman–Crippen LogP) is 5.33. The highest BCUT2D eigenvalue weighted by atomic mass is 35.5. The highest BCUT2D eigenvalue weighted by Gasteiger charge is 2.20. The minimum Gasteiger partial charge on any atom is -0.449 e. The normalized spacial score (nSPS) is 11.8. The smallest absolute Gasteiger partial charge is 0.339 e. The zero-order valence-electron chi connectivity index (χ0n) is 13.8. The molecule has 1 N–H and O–H groups in total. The molecule has 4 nitrogen and oxygen atoms in total. The van der Waals surface area contributed by atoms with Gasteiger partial charge in [-0.3, -0.25) is 4.79 Å². The third-order valence-electron chi connectivity index (χ3n) is 3.80. The summed E-state index contributed by atoms with van der Waals surface area (Å²) in [5.41, 5.74) is 0.842. The Morgan fingerprint density at radius 2 is 1.62 bits per heavy atom. The molecule has 0 aliphatic heterocycles. The van der Waals surface area contributed by atoms with Crippen LogP contribution in [-0.4, -0.2) is 18.0 Å². The van der Waals surface area contributed by atoms with Crippen molar-refractivity contribution in [3.05, 3.63) is 76.3 Å². The lowest BCUT2D eigenvalue weighted by Crippen LogP contribution is -2.30. The highest BCUT2D eigenvalue weighted by molar-refractivity contribution is 6.35. The molecule has 132 valence electrons. The molecule has 0 heterocycles. The maximum atomic E-state index is 12.4. The van der Waals surface area contributed by atoms with Crippen molar-refractivity contribution in [3.8, 4) is 0 Å². The van der Waals surface area contributed by atoms with Crippen LogP contribution in [0.1, 0.15) is 17.3 Å². The van der Waals surface area contributed by atoms with Crippen LogP contribution in [0.15, 0.2) is 60.7 Å². The highest BCUT2D eigenvalue weighted by Crippen LogP contribution is 2.23. The van der Waals surface area contributed by atoms with E-state index in [1.165, 1.54) is 25.1 Å². The number of hydrogen-bond donors (Lipinski definition) is 1. The average molecular weight is 388 g/mol. The molecule has 0 saturated carbocycles. The van der Waals surface area contributed by atoms with Crippen molar-refractivity contribution < 1.29 is 14.3 Å². The van der Waals surface area contributed by atoms with Crippen molar-refractivity contribution in [1.82, 2.24) is 0 Å². The standard InChI is InChI=1S/C20H15Cl2NO3/c1-12(26-20(25)14-9-15(21)11-16(22)10-14)19(24)23-18-8-4-6-13-5-2-3-7-17(13)18/h2-12H,1H3,(H,23,24)/t12-/m0/s1. The van der Waals surface area contributed by atoms with E-state index in [9.17, 15) is 9.59 Å². The summed E-state index contributed by atoms with van der Waals surface area (Å²) in [6.45, 7) is 1.50. The molecule has 0 fully saturated rings. The van der Waals surface area contributed by atoms with Crippen molar-refractivity contribution in [2.45, 2.75) is 13.0 Å². The number of carbonyl (C=O) groups is 2. The number of halogens is 2. The summed E-state index contributed by atoms with van der Waals surface area (Å²) >= 11 is 11.8. The fourth-order valence-electron chi connectivity index (χ4n) is 2.52. The summed E-state index contributed by atoms with van der Waals surface area (Å²) in [6.07, 6.45) is -0.987. The first kappa shape index (κ1) is 18.2. The van der Waals surface area contributed by atoms with E-state index in [2.05, 4.69) is 5.32 Å². The lowest BCUT2D eigenvalue weighted by atomic mass is 10.1. The Labute approximate surface area is 160 Å². The van der Waals surface area contributed by atoms with Gasteiger partial charge in [0.05, 0.1) is 5.56 Å². The van der Waals surface area contributed by atoms with Crippen LogP contribution in [0.4, 0.5) is 5.69 Å². The average Bonchev–Trinajstić information content (AvgIpc) is 2.61. The number of benzene rings is 3. The van der Waals surface area contributed by atoms with Crippen LogP contribution < -0.4 is 5.32 Å². The molecule has 0 saturated heterocycles. The minimum absolute atomic E-state index is 0.187. The van der Waals surface area contributed by atoms with Crippen LogP contribution in [0.25, 0.3) is 10.8 Å². The van der Waals surface area contributed by atoms with Crippen LogP contribution in [0.5, 0.6) is 0 Å². The van der Waals surface area contributed by atoms with Gasteiger partial charge >= 0.3 is 5.97 Å². The van der Waals surface area contributed by atoms with Crippen molar-refractivity contribution in [2.24, 2.45) is 0 Å². The number of rotatable bonds is 4. The van der Waals surface area contributed by atoms with Gasteiger partial charge in [0.2, 0.25) is 0 Å². The van der Waals surface area contributed by atoms with E-state index in [1.54, 1.807) is 6.07 Å². The van der Waals surface area contributed by atoms with Crippen molar-refractivity contribution >= 4 is 51.5 Å². The number of anilines is 1. The summed E-state index contributed by atoms with van der Waals surface area (Å²) in [5, 5.41) is 5.34. The first-order chi connectivity index (χ1) is 12.4. The van der Waals surface area contributed by atoms with Crippen LogP contribution in [0, 0.1) is 0 Å². The molecule has 3 aromatic rings. The number of hydrogen-bond acceptors (Lipinski definition) is 3. The van der Waals surface area contributed by atoms with Crippen molar-refractivity contribution in [1.29, 1.82) is 0 Å². The van der Waals surface area contributed by atoms with Gasteiger partial charge < -0.3 is 10.1 Å². The first-order valence-corrected chi connectivity index (χ1v) is 8.65. The van der Waals surface area contributed by atoms with Gasteiger partial charge in [0.1, 0.15) is 0 Å². The quantitative estimate of drug-likeness (QED) is 0.615. The van der Waals surface area contributed by atoms with Crippen LogP contribution in [-0.2, 0) is 9.53 Å². The largest absolute Gasteiger partial charge is 0.449 e. The zero-order chi connectivity index (χ0) is 18.7. The number of fused-ring (bicyclic) bond motifs is 1. The van der Waals surface area contributed by atoms with E-state index in [1.807, 2.05) is 36.4 Å². The molecule has 0 bridgehead atoms. The van der Waals surface area contributed by atoms with Crippen LogP contribution in [0.2, 0.25) is 10.0 Å². The lowest BCUT2D eigenvalue weighted by Gasteiger charge is -2.15. The van der Waals surface area contributed by atoms with Gasteiger partial charge in [0.25, 0.3) is 5.91 Å². The summed E-state index contributed by atoms with van der Waals surface area (Å²) in [5.74, 6) is -1.10. The first-order valence-electron chi connectivity index (χ1n) is 7.90. The van der Waals surface area contributed by atoms with E-state index in [0.29, 0.717) is 15.7 Å². The van der Waals surface area contributed by atoms with E-state index in [4.69, 9.17) is 27.9 Å². The second kappa shape index (κ2) is 7.77. The molecule has 26 heavy (non-hydrogen) atoms. The van der Waals surface area contributed by atoms with Gasteiger partial charge in [-0.25, -0.2) is 4.79 Å². The van der Waals surface area contributed by atoms with E-state index in [-0.39, 0.29) is 5.56 Å². The molecule has 1 amide bonds. The summed E-state index contributed by atoms with van der Waals surface area (Å²) in [7, 11) is 0. The second-order valence-electron chi connectivity index (χ2n) is 5.72.